The fraction of sp³-hybridized carbons (Fsp3) is 0.364. The van der Waals surface area contributed by atoms with Crippen molar-refractivity contribution in [3.63, 3.8) is 0 Å². The quantitative estimate of drug-likeness (QED) is 0.516. The first-order valence-corrected chi connectivity index (χ1v) is 9.96. The van der Waals surface area contributed by atoms with Crippen LogP contribution in [0.3, 0.4) is 0 Å². The van der Waals surface area contributed by atoms with E-state index < -0.39 is 29.5 Å². The van der Waals surface area contributed by atoms with Crippen LogP contribution >= 0.6 is 0 Å². The number of anilines is 2. The molecule has 172 valence electrons. The van der Waals surface area contributed by atoms with E-state index in [9.17, 15) is 22.8 Å². The molecule has 3 N–H and O–H groups in total. The Morgan fingerprint density at radius 2 is 1.94 bits per heavy atom. The Hall–Kier alpha value is -3.43. The van der Waals surface area contributed by atoms with Crippen molar-refractivity contribution in [1.29, 1.82) is 0 Å². The Morgan fingerprint density at radius 1 is 1.22 bits per heavy atom. The molecule has 1 aliphatic heterocycles. The monoisotopic (exact) mass is 451 g/mol. The molecule has 2 aromatic rings. The van der Waals surface area contributed by atoms with Crippen LogP contribution in [0.1, 0.15) is 23.1 Å². The van der Waals surface area contributed by atoms with Gasteiger partial charge >= 0.3 is 18.2 Å². The summed E-state index contributed by atoms with van der Waals surface area (Å²) in [5.74, 6) is -0.594. The summed E-state index contributed by atoms with van der Waals surface area (Å²) in [6.45, 7) is 0.758. The molecule has 1 aliphatic rings. The molecule has 1 saturated heterocycles. The number of nitrogens with one attached hydrogen (secondary N) is 1. The Kier molecular flexibility index (Phi) is 7.12. The van der Waals surface area contributed by atoms with E-state index in [4.69, 9.17) is 10.5 Å². The van der Waals surface area contributed by atoms with Gasteiger partial charge in [0, 0.05) is 24.5 Å². The van der Waals surface area contributed by atoms with Crippen LogP contribution in [0.5, 0.6) is 0 Å². The Bertz CT molecular complexity index is 967. The van der Waals surface area contributed by atoms with Gasteiger partial charge in [0.1, 0.15) is 6.61 Å². The highest BCUT2D eigenvalue weighted by molar-refractivity contribution is 5.77. The molecule has 1 atom stereocenters. The number of carbonyl (C=O) groups is 2. The molecule has 0 spiro atoms. The van der Waals surface area contributed by atoms with Gasteiger partial charge in [0.25, 0.3) is 0 Å². The summed E-state index contributed by atoms with van der Waals surface area (Å²) in [7, 11) is 1.20. The molecule has 1 heterocycles. The standard InChI is InChI=1S/C22H24F3N3O4/c1-31-20(29)10-15-9-18(26)17(22(23,24)25)11-19(15)28-8-7-16(12-28)27-21(30)32-13-14-5-3-2-4-6-14/h2-6,9,11,16H,7-8,10,12-13,26H2,1H3,(H,27,30)/t16-/m1/s1. The molecular formula is C22H24F3N3O4. The van der Waals surface area contributed by atoms with Crippen molar-refractivity contribution < 1.29 is 32.2 Å². The number of nitrogens with two attached hydrogens (primary N) is 1. The molecule has 32 heavy (non-hydrogen) atoms. The van der Waals surface area contributed by atoms with Crippen molar-refractivity contribution in [2.45, 2.75) is 31.7 Å². The van der Waals surface area contributed by atoms with Crippen LogP contribution in [0.2, 0.25) is 0 Å². The number of alkyl carbamates (subject to hydrolysis) is 1. The van der Waals surface area contributed by atoms with Crippen LogP contribution in [-0.2, 0) is 33.5 Å². The van der Waals surface area contributed by atoms with Crippen LogP contribution in [0.4, 0.5) is 29.3 Å². The molecule has 1 fully saturated rings. The number of benzene rings is 2. The van der Waals surface area contributed by atoms with Crippen molar-refractivity contribution in [2.75, 3.05) is 30.8 Å². The second-order valence-electron chi connectivity index (χ2n) is 7.46. The molecule has 0 aromatic heterocycles. The van der Waals surface area contributed by atoms with Gasteiger partial charge in [0.15, 0.2) is 0 Å². The van der Waals surface area contributed by atoms with Gasteiger partial charge in [-0.05, 0) is 29.7 Å². The maximum absolute atomic E-state index is 13.4. The summed E-state index contributed by atoms with van der Waals surface area (Å²) in [6, 6.07) is 11.0. The summed E-state index contributed by atoms with van der Waals surface area (Å²) in [4.78, 5) is 25.6. The summed E-state index contributed by atoms with van der Waals surface area (Å²) < 4.78 is 50.0. The highest BCUT2D eigenvalue weighted by Crippen LogP contribution is 2.39. The summed E-state index contributed by atoms with van der Waals surface area (Å²) in [5.41, 5.74) is 5.57. The number of hydrogen-bond donors (Lipinski definition) is 2. The first kappa shape index (κ1) is 23.2. The number of nitrogen functional groups attached to an aromatic ring is 1. The van der Waals surface area contributed by atoms with E-state index in [2.05, 4.69) is 10.1 Å². The SMILES string of the molecule is COC(=O)Cc1cc(N)c(C(F)(F)F)cc1N1CC[C@@H](NC(=O)OCc2ccccc2)C1. The van der Waals surface area contributed by atoms with Crippen LogP contribution in [0.15, 0.2) is 42.5 Å². The van der Waals surface area contributed by atoms with E-state index in [1.54, 1.807) is 4.90 Å². The summed E-state index contributed by atoms with van der Waals surface area (Å²) in [5, 5.41) is 2.74. The third-order valence-electron chi connectivity index (χ3n) is 5.18. The molecule has 0 unspecified atom stereocenters. The summed E-state index contributed by atoms with van der Waals surface area (Å²) in [6.07, 6.45) is -4.96. The molecule has 0 bridgehead atoms. The number of hydrogen-bond acceptors (Lipinski definition) is 6. The topological polar surface area (TPSA) is 93.9 Å². The lowest BCUT2D eigenvalue weighted by Crippen LogP contribution is -2.37. The maximum Gasteiger partial charge on any atom is 0.418 e. The first-order valence-electron chi connectivity index (χ1n) is 9.96. The van der Waals surface area contributed by atoms with Gasteiger partial charge in [0.05, 0.1) is 25.1 Å². The van der Waals surface area contributed by atoms with E-state index >= 15 is 0 Å². The largest absolute Gasteiger partial charge is 0.469 e. The van der Waals surface area contributed by atoms with Gasteiger partial charge in [-0.1, -0.05) is 30.3 Å². The molecule has 10 heteroatoms. The number of esters is 1. The first-order chi connectivity index (χ1) is 15.2. The fourth-order valence-electron chi connectivity index (χ4n) is 3.59. The zero-order chi connectivity index (χ0) is 23.3. The number of halogens is 3. The Labute approximate surface area is 183 Å². The van der Waals surface area contributed by atoms with Crippen molar-refractivity contribution in [1.82, 2.24) is 5.32 Å². The molecule has 0 saturated carbocycles. The Balaban J connectivity index is 1.70. The molecular weight excluding hydrogens is 427 g/mol. The summed E-state index contributed by atoms with van der Waals surface area (Å²) >= 11 is 0. The number of carbonyl (C=O) groups excluding carboxylic acids is 2. The number of rotatable bonds is 6. The normalized spacial score (nSPS) is 16.0. The Morgan fingerprint density at radius 3 is 2.59 bits per heavy atom. The number of ether oxygens (including phenoxy) is 2. The number of methoxy groups -OCH3 is 1. The van der Waals surface area contributed by atoms with Gasteiger partial charge in [-0.15, -0.1) is 0 Å². The molecule has 3 rings (SSSR count). The predicted octanol–water partition coefficient (Wildman–Crippen LogP) is 3.51. The third-order valence-corrected chi connectivity index (χ3v) is 5.18. The van der Waals surface area contributed by atoms with Crippen LogP contribution in [0.25, 0.3) is 0 Å². The van der Waals surface area contributed by atoms with Gasteiger partial charge in [-0.2, -0.15) is 13.2 Å². The number of alkyl halides is 3. The predicted molar refractivity (Wildman–Crippen MR) is 112 cm³/mol. The van der Waals surface area contributed by atoms with E-state index in [1.165, 1.54) is 7.11 Å². The van der Waals surface area contributed by atoms with Crippen LogP contribution in [-0.4, -0.2) is 38.3 Å². The van der Waals surface area contributed by atoms with Gasteiger partial charge < -0.3 is 25.4 Å². The van der Waals surface area contributed by atoms with Crippen molar-refractivity contribution in [3.05, 3.63) is 59.2 Å². The van der Waals surface area contributed by atoms with E-state index in [-0.39, 0.29) is 31.3 Å². The van der Waals surface area contributed by atoms with Crippen molar-refractivity contribution >= 4 is 23.4 Å². The van der Waals surface area contributed by atoms with E-state index in [0.29, 0.717) is 18.5 Å². The lowest BCUT2D eigenvalue weighted by Gasteiger charge is -2.24. The lowest BCUT2D eigenvalue weighted by molar-refractivity contribution is -0.139. The van der Waals surface area contributed by atoms with Crippen LogP contribution < -0.4 is 16.0 Å². The van der Waals surface area contributed by atoms with Gasteiger partial charge in [0.2, 0.25) is 0 Å². The molecule has 0 aliphatic carbocycles. The lowest BCUT2D eigenvalue weighted by atomic mass is 10.0. The van der Waals surface area contributed by atoms with E-state index in [1.807, 2.05) is 30.3 Å². The van der Waals surface area contributed by atoms with Crippen molar-refractivity contribution in [3.8, 4) is 0 Å². The average molecular weight is 451 g/mol. The average Bonchev–Trinajstić information content (AvgIpc) is 3.20. The zero-order valence-corrected chi connectivity index (χ0v) is 17.4. The molecule has 2 aromatic carbocycles. The number of nitrogens with zero attached hydrogens (tertiary/aromatic N) is 1. The second kappa shape index (κ2) is 9.80. The smallest absolute Gasteiger partial charge is 0.418 e. The third kappa shape index (κ3) is 5.83. The highest BCUT2D eigenvalue weighted by Gasteiger charge is 2.35. The van der Waals surface area contributed by atoms with Crippen LogP contribution in [0, 0.1) is 0 Å². The molecule has 7 nitrogen and oxygen atoms in total. The minimum Gasteiger partial charge on any atom is -0.469 e. The van der Waals surface area contributed by atoms with E-state index in [0.717, 1.165) is 17.7 Å². The zero-order valence-electron chi connectivity index (χ0n) is 17.4. The van der Waals surface area contributed by atoms with Gasteiger partial charge in [-0.25, -0.2) is 4.79 Å². The molecule has 1 amide bonds. The number of amides is 1. The maximum atomic E-state index is 13.4. The highest BCUT2D eigenvalue weighted by atomic mass is 19.4. The van der Waals surface area contributed by atoms with Crippen molar-refractivity contribution in [2.24, 2.45) is 0 Å². The fourth-order valence-corrected chi connectivity index (χ4v) is 3.59. The second-order valence-corrected chi connectivity index (χ2v) is 7.46. The molecule has 0 radical (unpaired) electrons. The van der Waals surface area contributed by atoms with Gasteiger partial charge in [-0.3, -0.25) is 4.79 Å². The minimum absolute atomic E-state index is 0.110. The minimum atomic E-state index is -4.64.